The van der Waals surface area contributed by atoms with E-state index < -0.39 is 74.3 Å². The van der Waals surface area contributed by atoms with E-state index in [-0.39, 0.29) is 87.3 Å². The van der Waals surface area contributed by atoms with Crippen molar-refractivity contribution in [3.8, 4) is 11.5 Å². The van der Waals surface area contributed by atoms with E-state index in [1.807, 2.05) is 0 Å². The molecule has 236 valence electrons. The SMILES string of the molecule is COc1cc(C(C)[C@@]2(n3cnc4c(=O)[nH]c(N)nc43)O[C@H](COP(=O)([O-])OP(=O)([O-])O)[C@@H](O)[C@H]2O)c([N+](=O)[O-])cc1OC.[Na+].[Na+]. The molecule has 0 amide bonds. The van der Waals surface area contributed by atoms with Gasteiger partial charge >= 0.3 is 59.1 Å². The van der Waals surface area contributed by atoms with Crippen molar-refractivity contribution >= 4 is 38.4 Å². The van der Waals surface area contributed by atoms with Gasteiger partial charge in [0.1, 0.15) is 18.3 Å². The molecule has 21 nitrogen and oxygen atoms in total. The van der Waals surface area contributed by atoms with E-state index in [0.717, 1.165) is 17.0 Å². The molecular weight excluding hydrogens is 672 g/mol. The number of nitrogens with one attached hydrogen (secondary N) is 1. The average Bonchev–Trinajstić information content (AvgIpc) is 3.44. The first-order chi connectivity index (χ1) is 20.0. The van der Waals surface area contributed by atoms with Crippen LogP contribution < -0.4 is 89.7 Å². The maximum absolute atomic E-state index is 12.5. The molecule has 6 N–H and O–H groups in total. The van der Waals surface area contributed by atoms with Crippen molar-refractivity contribution < 1.29 is 121 Å². The Labute approximate surface area is 296 Å². The number of phosphoric acid groups is 2. The van der Waals surface area contributed by atoms with E-state index in [2.05, 4.69) is 23.8 Å². The van der Waals surface area contributed by atoms with Gasteiger partial charge in [-0.15, -0.1) is 0 Å². The van der Waals surface area contributed by atoms with Crippen molar-refractivity contribution in [2.24, 2.45) is 0 Å². The summed E-state index contributed by atoms with van der Waals surface area (Å²) in [6.45, 7) is 0.140. The van der Waals surface area contributed by atoms with Crippen LogP contribution in [0, 0.1) is 10.1 Å². The number of aromatic amines is 1. The molecular formula is C20H24N6Na2O15P2. The van der Waals surface area contributed by atoms with Crippen molar-refractivity contribution in [3.63, 3.8) is 0 Å². The van der Waals surface area contributed by atoms with Gasteiger partial charge in [0.15, 0.2) is 28.4 Å². The van der Waals surface area contributed by atoms with Gasteiger partial charge in [-0.2, -0.15) is 4.98 Å². The standard InChI is InChI=1S/C20H26N6O15P2.2Na/c1-8(9-4-11(37-2)12(38-3)5-10(9)26(30)31)20(25-7-22-14-17(25)23-19(21)24-18(14)29)16(28)15(27)13(40-20)6-39-43(35,36)41-42(32,33)34;;/h4-5,7-8,13,15-16,27-28H,6H2,1-3H3,(H,35,36)(H2,32,33,34)(H3,21,23,24,29);;/q;2*+1/p-2/t8?,13-,15-,16-,20-;;/m1../s1. The van der Waals surface area contributed by atoms with Crippen LogP contribution in [0.25, 0.3) is 11.2 Å². The molecule has 3 unspecified atom stereocenters. The number of nitro benzene ring substituents is 1. The molecule has 0 spiro atoms. The predicted octanol–water partition coefficient (Wildman–Crippen LogP) is -7.83. The second-order valence-corrected chi connectivity index (χ2v) is 11.9. The number of methoxy groups -OCH3 is 2. The Balaban J connectivity index is 0.00000353. The molecule has 1 fully saturated rings. The quantitative estimate of drug-likeness (QED) is 0.0538. The van der Waals surface area contributed by atoms with Crippen LogP contribution in [0.5, 0.6) is 11.5 Å². The van der Waals surface area contributed by atoms with E-state index >= 15 is 0 Å². The number of nitrogens with two attached hydrogens (primary N) is 1. The molecule has 0 saturated carbocycles. The third-order valence-electron chi connectivity index (χ3n) is 6.69. The first-order valence-electron chi connectivity index (χ1n) is 11.8. The molecule has 1 aliphatic heterocycles. The zero-order chi connectivity index (χ0) is 32.1. The Morgan fingerprint density at radius 3 is 2.38 bits per heavy atom. The fourth-order valence-electron chi connectivity index (χ4n) is 4.84. The number of imidazole rings is 1. The van der Waals surface area contributed by atoms with Crippen LogP contribution >= 0.6 is 15.6 Å². The largest absolute Gasteiger partial charge is 1.00 e. The van der Waals surface area contributed by atoms with E-state index in [9.17, 15) is 44.0 Å². The van der Waals surface area contributed by atoms with Crippen LogP contribution in [-0.4, -0.2) is 78.7 Å². The Morgan fingerprint density at radius 1 is 1.22 bits per heavy atom. The van der Waals surface area contributed by atoms with E-state index in [0.29, 0.717) is 0 Å². The molecule has 0 bridgehead atoms. The van der Waals surface area contributed by atoms with Crippen molar-refractivity contribution in [2.75, 3.05) is 26.6 Å². The number of nitro groups is 1. The number of H-pyrrole nitrogens is 1. The maximum atomic E-state index is 12.5. The Hall–Kier alpha value is -1.49. The molecule has 7 atom stereocenters. The summed E-state index contributed by atoms with van der Waals surface area (Å²) in [6.07, 6.45) is -4.98. The van der Waals surface area contributed by atoms with Crippen LogP contribution in [0.3, 0.4) is 0 Å². The Morgan fingerprint density at radius 2 is 1.82 bits per heavy atom. The molecule has 2 aromatic heterocycles. The van der Waals surface area contributed by atoms with Crippen LogP contribution in [-0.2, 0) is 28.4 Å². The Kier molecular flexibility index (Phi) is 13.0. The second kappa shape index (κ2) is 14.7. The zero-order valence-electron chi connectivity index (χ0n) is 24.2. The zero-order valence-corrected chi connectivity index (χ0v) is 30.0. The molecule has 3 aromatic rings. The normalized spacial score (nSPS) is 24.5. The summed E-state index contributed by atoms with van der Waals surface area (Å²) >= 11 is 0. The van der Waals surface area contributed by atoms with Crippen molar-refractivity contribution in [1.82, 2.24) is 19.5 Å². The molecule has 45 heavy (non-hydrogen) atoms. The number of anilines is 1. The van der Waals surface area contributed by atoms with Gasteiger partial charge in [-0.05, 0) is 6.07 Å². The van der Waals surface area contributed by atoms with E-state index in [1.165, 1.54) is 27.2 Å². The van der Waals surface area contributed by atoms with Gasteiger partial charge in [0.05, 0.1) is 38.1 Å². The molecule has 4 rings (SSSR count). The smallest absolute Gasteiger partial charge is 0.756 e. The van der Waals surface area contributed by atoms with E-state index in [1.54, 1.807) is 0 Å². The van der Waals surface area contributed by atoms with Gasteiger partial charge in [-0.3, -0.25) is 33.6 Å². The first-order valence-corrected chi connectivity index (χ1v) is 14.8. The van der Waals surface area contributed by atoms with E-state index in [4.69, 9.17) is 24.8 Å². The molecule has 3 heterocycles. The van der Waals surface area contributed by atoms with Gasteiger partial charge in [0.25, 0.3) is 26.9 Å². The summed E-state index contributed by atoms with van der Waals surface area (Å²) in [5.74, 6) is -1.81. The number of nitrogen functional groups attached to an aromatic ring is 1. The van der Waals surface area contributed by atoms with Gasteiger partial charge in [-0.1, -0.05) is 6.92 Å². The van der Waals surface area contributed by atoms with Gasteiger partial charge in [0, 0.05) is 11.5 Å². The number of phosphoric ester groups is 1. The Bertz CT molecular complexity index is 1720. The second-order valence-electron chi connectivity index (χ2n) is 9.12. The van der Waals surface area contributed by atoms with Gasteiger partial charge in [-0.25, -0.2) is 9.29 Å². The number of aliphatic hydroxyl groups excluding tert-OH is 2. The van der Waals surface area contributed by atoms with Crippen LogP contribution in [0.15, 0.2) is 23.3 Å². The van der Waals surface area contributed by atoms with Crippen molar-refractivity contribution in [1.29, 1.82) is 0 Å². The fourth-order valence-corrected chi connectivity index (χ4v) is 6.37. The minimum Gasteiger partial charge on any atom is -0.756 e. The fraction of sp³-hybridized carbons (Fsp3) is 0.450. The number of aromatic nitrogens is 4. The van der Waals surface area contributed by atoms with Crippen LogP contribution in [0.4, 0.5) is 11.6 Å². The molecule has 0 radical (unpaired) electrons. The number of aliphatic hydroxyl groups is 2. The van der Waals surface area contributed by atoms with Gasteiger partial charge in [0.2, 0.25) is 5.95 Å². The minimum atomic E-state index is -5.82. The number of benzene rings is 1. The summed E-state index contributed by atoms with van der Waals surface area (Å²) < 4.78 is 48.2. The monoisotopic (exact) mass is 696 g/mol. The number of ether oxygens (including phenoxy) is 3. The number of fused-ring (bicyclic) bond motifs is 1. The first kappa shape index (κ1) is 39.7. The summed E-state index contributed by atoms with van der Waals surface area (Å²) in [5.41, 5.74) is 1.15. The molecule has 1 aliphatic rings. The maximum Gasteiger partial charge on any atom is 1.00 e. The van der Waals surface area contributed by atoms with Crippen molar-refractivity contribution in [3.05, 3.63) is 44.5 Å². The predicted molar refractivity (Wildman–Crippen MR) is 137 cm³/mol. The summed E-state index contributed by atoms with van der Waals surface area (Å²) in [5, 5.41) is 34.6. The van der Waals surface area contributed by atoms with Gasteiger partial charge < -0.3 is 49.4 Å². The van der Waals surface area contributed by atoms with Crippen LogP contribution in [0.2, 0.25) is 0 Å². The average molecular weight is 696 g/mol. The number of hydrogen-bond acceptors (Lipinski definition) is 17. The van der Waals surface area contributed by atoms with Crippen molar-refractivity contribution in [2.45, 2.75) is 36.9 Å². The molecule has 25 heteroatoms. The number of hydrogen-bond donors (Lipinski definition) is 5. The third kappa shape index (κ3) is 7.81. The topological polar surface area (TPSA) is 320 Å². The third-order valence-corrected chi connectivity index (χ3v) is 8.78. The molecule has 1 aromatic carbocycles. The molecule has 1 saturated heterocycles. The van der Waals surface area contributed by atoms with Crippen LogP contribution in [0.1, 0.15) is 18.4 Å². The molecule has 0 aliphatic carbocycles. The summed E-state index contributed by atoms with van der Waals surface area (Å²) in [7, 11) is -9.07. The summed E-state index contributed by atoms with van der Waals surface area (Å²) in [4.78, 5) is 65.6. The number of rotatable bonds is 11. The minimum absolute atomic E-state index is 0. The summed E-state index contributed by atoms with van der Waals surface area (Å²) in [6, 6.07) is 2.24. The number of nitrogens with zero attached hydrogens (tertiary/aromatic N) is 4.